The van der Waals surface area contributed by atoms with Gasteiger partial charge in [-0.3, -0.25) is 14.6 Å². The monoisotopic (exact) mass is 455 g/mol. The second-order valence-electron chi connectivity index (χ2n) is 7.63. The molecule has 0 bridgehead atoms. The van der Waals surface area contributed by atoms with E-state index >= 15 is 0 Å². The van der Waals surface area contributed by atoms with Crippen molar-refractivity contribution in [3.63, 3.8) is 0 Å². The van der Waals surface area contributed by atoms with Gasteiger partial charge in [0.25, 0.3) is 11.8 Å². The smallest absolute Gasteiger partial charge is 0.417 e. The molecule has 3 unspecified atom stereocenters. The van der Waals surface area contributed by atoms with Gasteiger partial charge in [0.1, 0.15) is 23.4 Å². The Morgan fingerprint density at radius 1 is 1.25 bits per heavy atom. The number of nitrogens with one attached hydrogen (secondary N) is 1. The number of nitrogens with two attached hydrogens (primary N) is 1. The van der Waals surface area contributed by atoms with Gasteiger partial charge < -0.3 is 20.5 Å². The Kier molecular flexibility index (Phi) is 6.14. The van der Waals surface area contributed by atoms with Crippen molar-refractivity contribution in [3.05, 3.63) is 53.6 Å². The maximum Gasteiger partial charge on any atom is 0.417 e. The Labute approximate surface area is 180 Å². The molecule has 0 saturated carbocycles. The fraction of sp³-hybridized carbons (Fsp3) is 0.381. The maximum absolute atomic E-state index is 13.9. The largest absolute Gasteiger partial charge is 0.496 e. The van der Waals surface area contributed by atoms with Crippen LogP contribution in [0.4, 0.5) is 23.2 Å². The molecule has 0 radical (unpaired) electrons. The van der Waals surface area contributed by atoms with E-state index < -0.39 is 47.3 Å². The SMILES string of the molecule is COc1cc(F)ccc1C1C(C)C(C)(C(F)(F)F)O[C@@H]1C(=O)Nc1ccnc(C(N)=O)c1. The molecular weight excluding hydrogens is 434 g/mol. The molecule has 4 atom stereocenters. The minimum absolute atomic E-state index is 0.00500. The Morgan fingerprint density at radius 2 is 1.94 bits per heavy atom. The summed E-state index contributed by atoms with van der Waals surface area (Å²) in [6.07, 6.45) is -5.17. The van der Waals surface area contributed by atoms with Crippen LogP contribution in [0.5, 0.6) is 5.75 Å². The first-order valence-electron chi connectivity index (χ1n) is 9.53. The zero-order chi connectivity index (χ0) is 23.8. The van der Waals surface area contributed by atoms with Crippen molar-refractivity contribution in [1.82, 2.24) is 4.98 Å². The van der Waals surface area contributed by atoms with Gasteiger partial charge >= 0.3 is 6.18 Å². The van der Waals surface area contributed by atoms with Gasteiger partial charge in [-0.25, -0.2) is 4.39 Å². The van der Waals surface area contributed by atoms with Crippen LogP contribution in [0.25, 0.3) is 0 Å². The fourth-order valence-corrected chi connectivity index (χ4v) is 3.84. The van der Waals surface area contributed by atoms with E-state index in [0.717, 1.165) is 19.1 Å². The molecule has 32 heavy (non-hydrogen) atoms. The van der Waals surface area contributed by atoms with Crippen molar-refractivity contribution in [2.45, 2.75) is 37.6 Å². The molecule has 3 N–H and O–H groups in total. The van der Waals surface area contributed by atoms with Crippen LogP contribution in [0, 0.1) is 11.7 Å². The average Bonchev–Trinajstić information content (AvgIpc) is 3.00. The first-order valence-corrected chi connectivity index (χ1v) is 9.53. The molecule has 11 heteroatoms. The van der Waals surface area contributed by atoms with E-state index in [-0.39, 0.29) is 22.7 Å². The number of rotatable bonds is 5. The summed E-state index contributed by atoms with van der Waals surface area (Å²) in [7, 11) is 1.25. The summed E-state index contributed by atoms with van der Waals surface area (Å²) in [5.41, 5.74) is 2.67. The zero-order valence-corrected chi connectivity index (χ0v) is 17.4. The molecule has 1 aromatic heterocycles. The van der Waals surface area contributed by atoms with Crippen LogP contribution in [0.15, 0.2) is 36.5 Å². The van der Waals surface area contributed by atoms with Crippen LogP contribution in [-0.4, -0.2) is 41.8 Å². The highest BCUT2D eigenvalue weighted by molar-refractivity contribution is 5.97. The maximum atomic E-state index is 13.9. The van der Waals surface area contributed by atoms with E-state index in [1.54, 1.807) is 0 Å². The molecule has 2 amide bonds. The number of hydrogen-bond acceptors (Lipinski definition) is 5. The normalized spacial score (nSPS) is 25.4. The predicted octanol–water partition coefficient (Wildman–Crippen LogP) is 3.41. The highest BCUT2D eigenvalue weighted by atomic mass is 19.4. The predicted molar refractivity (Wildman–Crippen MR) is 106 cm³/mol. The zero-order valence-electron chi connectivity index (χ0n) is 17.4. The van der Waals surface area contributed by atoms with Gasteiger partial charge in [0.05, 0.1) is 7.11 Å². The van der Waals surface area contributed by atoms with Gasteiger partial charge in [0, 0.05) is 35.3 Å². The Balaban J connectivity index is 2.04. The van der Waals surface area contributed by atoms with Gasteiger partial charge in [0.2, 0.25) is 0 Å². The molecule has 172 valence electrons. The van der Waals surface area contributed by atoms with Gasteiger partial charge in [-0.2, -0.15) is 13.2 Å². The summed E-state index contributed by atoms with van der Waals surface area (Å²) in [6, 6.07) is 5.92. The molecule has 1 saturated heterocycles. The number of methoxy groups -OCH3 is 1. The summed E-state index contributed by atoms with van der Waals surface area (Å²) in [5.74, 6) is -4.72. The van der Waals surface area contributed by atoms with E-state index in [0.29, 0.717) is 0 Å². The second kappa shape index (κ2) is 8.38. The first-order chi connectivity index (χ1) is 14.9. The van der Waals surface area contributed by atoms with Crippen LogP contribution >= 0.6 is 0 Å². The number of anilines is 1. The lowest BCUT2D eigenvalue weighted by Gasteiger charge is -2.32. The molecule has 1 aliphatic heterocycles. The molecule has 1 fully saturated rings. The lowest BCUT2D eigenvalue weighted by atomic mass is 9.77. The number of ether oxygens (including phenoxy) is 2. The van der Waals surface area contributed by atoms with Crippen LogP contribution in [-0.2, 0) is 9.53 Å². The molecule has 3 rings (SSSR count). The third-order valence-electron chi connectivity index (χ3n) is 5.76. The number of carbonyl (C=O) groups is 2. The van der Waals surface area contributed by atoms with Crippen molar-refractivity contribution in [3.8, 4) is 5.75 Å². The van der Waals surface area contributed by atoms with Crippen molar-refractivity contribution in [2.75, 3.05) is 12.4 Å². The molecular formula is C21H21F4N3O4. The van der Waals surface area contributed by atoms with Crippen molar-refractivity contribution < 1.29 is 36.6 Å². The quantitative estimate of drug-likeness (QED) is 0.673. The van der Waals surface area contributed by atoms with Crippen LogP contribution < -0.4 is 15.8 Å². The van der Waals surface area contributed by atoms with Crippen molar-refractivity contribution >= 4 is 17.5 Å². The molecule has 7 nitrogen and oxygen atoms in total. The van der Waals surface area contributed by atoms with Gasteiger partial charge in [-0.1, -0.05) is 13.0 Å². The second-order valence-corrected chi connectivity index (χ2v) is 7.63. The van der Waals surface area contributed by atoms with Crippen LogP contribution in [0.2, 0.25) is 0 Å². The molecule has 2 heterocycles. The molecule has 1 aliphatic rings. The molecule has 0 aliphatic carbocycles. The highest BCUT2D eigenvalue weighted by Gasteiger charge is 2.65. The topological polar surface area (TPSA) is 104 Å². The van der Waals surface area contributed by atoms with Crippen molar-refractivity contribution in [1.29, 1.82) is 0 Å². The van der Waals surface area contributed by atoms with E-state index in [4.69, 9.17) is 15.2 Å². The Hall–Kier alpha value is -3.21. The van der Waals surface area contributed by atoms with E-state index in [1.807, 2.05) is 0 Å². The van der Waals surface area contributed by atoms with Gasteiger partial charge in [-0.05, 0) is 25.1 Å². The van der Waals surface area contributed by atoms with Gasteiger partial charge in [-0.15, -0.1) is 0 Å². The average molecular weight is 455 g/mol. The number of hydrogen-bond donors (Lipinski definition) is 2. The standard InChI is InChI=1S/C21H21F4N3O4/c1-10-16(13-5-4-11(22)8-15(13)31-3)17(32-20(10,2)21(23,24)25)19(30)28-12-6-7-27-14(9-12)18(26)29/h4-10,16-17H,1-3H3,(H2,26,29)(H,27,28,30)/t10?,16?,17-,20?/m0/s1. The lowest BCUT2D eigenvalue weighted by Crippen LogP contribution is -2.47. The third kappa shape index (κ3) is 4.12. The highest BCUT2D eigenvalue weighted by Crippen LogP contribution is 2.54. The minimum Gasteiger partial charge on any atom is -0.496 e. The molecule has 0 spiro atoms. The molecule has 1 aromatic carbocycles. The number of amides is 2. The number of aromatic nitrogens is 1. The summed E-state index contributed by atoms with van der Waals surface area (Å²) < 4.78 is 66.0. The number of alkyl halides is 3. The van der Waals surface area contributed by atoms with Gasteiger partial charge in [0.15, 0.2) is 5.60 Å². The summed E-state index contributed by atoms with van der Waals surface area (Å²) >= 11 is 0. The number of halogens is 4. The summed E-state index contributed by atoms with van der Waals surface area (Å²) in [6.45, 7) is 2.18. The van der Waals surface area contributed by atoms with Crippen LogP contribution in [0.1, 0.15) is 35.8 Å². The Morgan fingerprint density at radius 3 is 2.53 bits per heavy atom. The van der Waals surface area contributed by atoms with Crippen LogP contribution in [0.3, 0.4) is 0 Å². The third-order valence-corrected chi connectivity index (χ3v) is 5.76. The van der Waals surface area contributed by atoms with Crippen molar-refractivity contribution in [2.24, 2.45) is 11.7 Å². The number of pyridine rings is 1. The fourth-order valence-electron chi connectivity index (χ4n) is 3.84. The lowest BCUT2D eigenvalue weighted by molar-refractivity contribution is -0.272. The number of primary amides is 1. The Bertz CT molecular complexity index is 1050. The summed E-state index contributed by atoms with van der Waals surface area (Å²) in [4.78, 5) is 28.1. The van der Waals surface area contributed by atoms with E-state index in [2.05, 4.69) is 10.3 Å². The summed E-state index contributed by atoms with van der Waals surface area (Å²) in [5, 5.41) is 2.44. The number of nitrogens with zero attached hydrogens (tertiary/aromatic N) is 1. The van der Waals surface area contributed by atoms with E-state index in [1.165, 1.54) is 38.4 Å². The number of benzene rings is 1. The number of carbonyl (C=O) groups excluding carboxylic acids is 2. The molecule has 2 aromatic rings. The van der Waals surface area contributed by atoms with E-state index in [9.17, 15) is 27.2 Å². The first kappa shape index (κ1) is 23.5. The minimum atomic E-state index is -4.79.